The van der Waals surface area contributed by atoms with E-state index in [4.69, 9.17) is 0 Å². The fraction of sp³-hybridized carbons (Fsp3) is 0.0714. The molecule has 0 radical (unpaired) electrons. The minimum absolute atomic E-state index is 0.185. The van der Waals surface area contributed by atoms with Crippen LogP contribution in [0.15, 0.2) is 36.5 Å². The Bertz CT molecular complexity index is 845. The first-order valence-corrected chi connectivity index (χ1v) is 5.99. The maximum atomic E-state index is 13.3. The van der Waals surface area contributed by atoms with Crippen molar-refractivity contribution in [3.63, 3.8) is 0 Å². The molecule has 0 bridgehead atoms. The van der Waals surface area contributed by atoms with Gasteiger partial charge in [-0.25, -0.2) is 23.1 Å². The molecular weight excluding hydrogens is 280 g/mol. The van der Waals surface area contributed by atoms with E-state index in [1.165, 1.54) is 17.7 Å². The van der Waals surface area contributed by atoms with E-state index in [9.17, 15) is 13.6 Å². The third kappa shape index (κ3) is 2.22. The van der Waals surface area contributed by atoms with E-state index in [1.54, 1.807) is 18.3 Å². The maximum Gasteiger partial charge on any atom is 0.341 e. The smallest absolute Gasteiger partial charge is 0.341 e. The van der Waals surface area contributed by atoms with Crippen molar-refractivity contribution in [1.29, 1.82) is 0 Å². The second kappa shape index (κ2) is 4.93. The Hall–Kier alpha value is -2.83. The molecule has 0 spiro atoms. The molecule has 0 aliphatic rings. The van der Waals surface area contributed by atoms with Crippen molar-refractivity contribution in [2.24, 2.45) is 0 Å². The fourth-order valence-corrected chi connectivity index (χ4v) is 1.93. The third-order valence-electron chi connectivity index (χ3n) is 2.95. The Morgan fingerprint density at radius 1 is 1.24 bits per heavy atom. The van der Waals surface area contributed by atoms with Crippen molar-refractivity contribution < 1.29 is 18.3 Å². The molecule has 106 valence electrons. The summed E-state index contributed by atoms with van der Waals surface area (Å²) in [5.74, 6) is -2.30. The van der Waals surface area contributed by atoms with Gasteiger partial charge in [0.1, 0.15) is 5.56 Å². The van der Waals surface area contributed by atoms with Gasteiger partial charge in [-0.2, -0.15) is 0 Å². The van der Waals surface area contributed by atoms with Gasteiger partial charge in [-0.1, -0.05) is 0 Å². The lowest BCUT2D eigenvalue weighted by Gasteiger charge is -1.99. The van der Waals surface area contributed by atoms with Gasteiger partial charge in [0.2, 0.25) is 0 Å². The van der Waals surface area contributed by atoms with Crippen LogP contribution in [0.2, 0.25) is 0 Å². The first-order chi connectivity index (χ1) is 10.1. The number of rotatable bonds is 2. The highest BCUT2D eigenvalue weighted by Gasteiger charge is 2.16. The van der Waals surface area contributed by atoms with Crippen LogP contribution in [-0.4, -0.2) is 27.7 Å². The Morgan fingerprint density at radius 3 is 2.76 bits per heavy atom. The van der Waals surface area contributed by atoms with Crippen LogP contribution in [0.25, 0.3) is 17.0 Å². The lowest BCUT2D eigenvalue weighted by atomic mass is 10.2. The molecule has 0 aliphatic heterocycles. The first kappa shape index (κ1) is 13.2. The average molecular weight is 289 g/mol. The Morgan fingerprint density at radius 2 is 2.05 bits per heavy atom. The predicted octanol–water partition coefficient (Wildman–Crippen LogP) is 2.46. The normalized spacial score (nSPS) is 10.8. The molecule has 0 unspecified atom stereocenters. The van der Waals surface area contributed by atoms with Crippen LogP contribution < -0.4 is 0 Å². The molecule has 3 aromatic rings. The van der Waals surface area contributed by atoms with Crippen LogP contribution in [0.5, 0.6) is 0 Å². The standard InChI is InChI=1S/C14H9F2N3O2/c1-21-14(20)9-3-2-6-19-13(9)17-12(18-19)8-4-5-10(15)11(16)7-8/h2-7H,1H3. The zero-order valence-corrected chi connectivity index (χ0v) is 10.9. The van der Waals surface area contributed by atoms with Gasteiger partial charge < -0.3 is 4.74 Å². The summed E-state index contributed by atoms with van der Waals surface area (Å²) < 4.78 is 32.3. The monoisotopic (exact) mass is 289 g/mol. The molecule has 3 rings (SSSR count). The molecule has 2 heterocycles. The minimum Gasteiger partial charge on any atom is -0.465 e. The quantitative estimate of drug-likeness (QED) is 0.680. The number of nitrogens with zero attached hydrogens (tertiary/aromatic N) is 3. The highest BCUT2D eigenvalue weighted by molar-refractivity contribution is 5.95. The van der Waals surface area contributed by atoms with Crippen LogP contribution in [-0.2, 0) is 4.74 Å². The van der Waals surface area contributed by atoms with Gasteiger partial charge in [0.05, 0.1) is 7.11 Å². The van der Waals surface area contributed by atoms with E-state index in [-0.39, 0.29) is 17.0 Å². The molecule has 0 amide bonds. The van der Waals surface area contributed by atoms with Crippen molar-refractivity contribution in [1.82, 2.24) is 14.6 Å². The molecule has 0 fully saturated rings. The van der Waals surface area contributed by atoms with Gasteiger partial charge in [0.25, 0.3) is 0 Å². The van der Waals surface area contributed by atoms with E-state index in [2.05, 4.69) is 14.8 Å². The first-order valence-electron chi connectivity index (χ1n) is 5.99. The topological polar surface area (TPSA) is 56.5 Å². The number of hydrogen-bond acceptors (Lipinski definition) is 4. The van der Waals surface area contributed by atoms with E-state index < -0.39 is 17.6 Å². The summed E-state index contributed by atoms with van der Waals surface area (Å²) in [5, 5.41) is 4.14. The Labute approximate surface area is 117 Å². The molecule has 7 heteroatoms. The number of hydrogen-bond donors (Lipinski definition) is 0. The van der Waals surface area contributed by atoms with Crippen molar-refractivity contribution in [3.05, 3.63) is 53.7 Å². The van der Waals surface area contributed by atoms with Gasteiger partial charge in [-0.15, -0.1) is 5.10 Å². The zero-order valence-electron chi connectivity index (χ0n) is 10.9. The molecule has 0 saturated carbocycles. The van der Waals surface area contributed by atoms with Crippen LogP contribution in [0.4, 0.5) is 8.78 Å². The molecule has 2 aromatic heterocycles. The fourth-order valence-electron chi connectivity index (χ4n) is 1.93. The lowest BCUT2D eigenvalue weighted by Crippen LogP contribution is -2.04. The van der Waals surface area contributed by atoms with Gasteiger partial charge in [0.15, 0.2) is 23.1 Å². The molecule has 1 aromatic carbocycles. The number of carbonyl (C=O) groups excluding carboxylic acids is 1. The van der Waals surface area contributed by atoms with E-state index in [0.717, 1.165) is 12.1 Å². The molecular formula is C14H9F2N3O2. The Kier molecular flexibility index (Phi) is 3.09. The number of aromatic nitrogens is 3. The van der Waals surface area contributed by atoms with Gasteiger partial charge in [0, 0.05) is 11.8 Å². The van der Waals surface area contributed by atoms with Crippen LogP contribution in [0.3, 0.4) is 0 Å². The number of benzene rings is 1. The SMILES string of the molecule is COC(=O)c1cccn2nc(-c3ccc(F)c(F)c3)nc12. The summed E-state index contributed by atoms with van der Waals surface area (Å²) in [6.07, 6.45) is 1.60. The number of pyridine rings is 1. The summed E-state index contributed by atoms with van der Waals surface area (Å²) in [4.78, 5) is 15.8. The zero-order chi connectivity index (χ0) is 15.0. The minimum atomic E-state index is -0.987. The number of carbonyl (C=O) groups is 1. The van der Waals surface area contributed by atoms with Crippen LogP contribution in [0.1, 0.15) is 10.4 Å². The van der Waals surface area contributed by atoms with Gasteiger partial charge >= 0.3 is 5.97 Å². The van der Waals surface area contributed by atoms with Crippen molar-refractivity contribution >= 4 is 11.6 Å². The molecule has 5 nitrogen and oxygen atoms in total. The van der Waals surface area contributed by atoms with E-state index in [1.807, 2.05) is 0 Å². The highest BCUT2D eigenvalue weighted by Crippen LogP contribution is 2.20. The third-order valence-corrected chi connectivity index (χ3v) is 2.95. The molecule has 0 N–H and O–H groups in total. The van der Waals surface area contributed by atoms with E-state index >= 15 is 0 Å². The summed E-state index contributed by atoms with van der Waals surface area (Å²) in [7, 11) is 1.26. The number of halogens is 2. The number of ether oxygens (including phenoxy) is 1. The molecule has 0 atom stereocenters. The largest absolute Gasteiger partial charge is 0.465 e. The molecule has 21 heavy (non-hydrogen) atoms. The van der Waals surface area contributed by atoms with Crippen molar-refractivity contribution in [2.75, 3.05) is 7.11 Å². The van der Waals surface area contributed by atoms with Crippen LogP contribution in [0, 0.1) is 11.6 Å². The number of fused-ring (bicyclic) bond motifs is 1. The summed E-state index contributed by atoms with van der Waals surface area (Å²) in [6, 6.07) is 6.53. The molecule has 0 aliphatic carbocycles. The van der Waals surface area contributed by atoms with Gasteiger partial charge in [-0.05, 0) is 30.3 Å². The summed E-state index contributed by atoms with van der Waals surface area (Å²) in [6.45, 7) is 0. The summed E-state index contributed by atoms with van der Waals surface area (Å²) in [5.41, 5.74) is 0.832. The van der Waals surface area contributed by atoms with E-state index in [0.29, 0.717) is 5.56 Å². The van der Waals surface area contributed by atoms with Crippen molar-refractivity contribution in [2.45, 2.75) is 0 Å². The second-order valence-electron chi connectivity index (χ2n) is 4.25. The number of esters is 1. The molecule has 0 saturated heterocycles. The van der Waals surface area contributed by atoms with Gasteiger partial charge in [-0.3, -0.25) is 0 Å². The average Bonchev–Trinajstić information content (AvgIpc) is 2.93. The van der Waals surface area contributed by atoms with Crippen LogP contribution >= 0.6 is 0 Å². The lowest BCUT2D eigenvalue weighted by molar-refractivity contribution is 0.0602. The number of methoxy groups -OCH3 is 1. The summed E-state index contributed by atoms with van der Waals surface area (Å²) >= 11 is 0. The highest BCUT2D eigenvalue weighted by atomic mass is 19.2. The van der Waals surface area contributed by atoms with Crippen molar-refractivity contribution in [3.8, 4) is 11.4 Å². The predicted molar refractivity (Wildman–Crippen MR) is 69.7 cm³/mol. The maximum absolute atomic E-state index is 13.3. The second-order valence-corrected chi connectivity index (χ2v) is 4.25. The Balaban J connectivity index is 2.17.